The molecule has 7 heteroatoms. The van der Waals surface area contributed by atoms with E-state index in [4.69, 9.17) is 10.5 Å². The van der Waals surface area contributed by atoms with Crippen molar-refractivity contribution in [2.45, 2.75) is 58.3 Å². The van der Waals surface area contributed by atoms with E-state index in [9.17, 15) is 14.4 Å². The fourth-order valence-electron chi connectivity index (χ4n) is 3.08. The number of carbonyl (C=O) groups is 3. The highest BCUT2D eigenvalue weighted by Crippen LogP contribution is 2.22. The minimum Gasteiger partial charge on any atom is -0.459 e. The van der Waals surface area contributed by atoms with Gasteiger partial charge in [0.25, 0.3) is 0 Å². The van der Waals surface area contributed by atoms with Crippen molar-refractivity contribution in [3.63, 3.8) is 0 Å². The van der Waals surface area contributed by atoms with Crippen molar-refractivity contribution >= 4 is 17.8 Å². The van der Waals surface area contributed by atoms with E-state index in [0.717, 1.165) is 12.0 Å². The Morgan fingerprint density at radius 3 is 2.48 bits per heavy atom. The molecule has 0 saturated carbocycles. The zero-order valence-corrected chi connectivity index (χ0v) is 16.2. The molecule has 0 unspecified atom stereocenters. The van der Waals surface area contributed by atoms with Crippen molar-refractivity contribution in [1.29, 1.82) is 0 Å². The van der Waals surface area contributed by atoms with Crippen LogP contribution in [-0.2, 0) is 25.7 Å². The number of esters is 1. The molecule has 0 spiro atoms. The van der Waals surface area contributed by atoms with Crippen LogP contribution in [0.25, 0.3) is 0 Å². The highest BCUT2D eigenvalue weighted by atomic mass is 16.5. The lowest BCUT2D eigenvalue weighted by Gasteiger charge is -2.30. The molecule has 0 bridgehead atoms. The Bertz CT molecular complexity index is 660. The summed E-state index contributed by atoms with van der Waals surface area (Å²) in [6.45, 7) is 5.91. The molecule has 2 rings (SSSR count). The van der Waals surface area contributed by atoms with E-state index in [0.29, 0.717) is 13.0 Å². The number of nitrogens with one attached hydrogen (secondary N) is 1. The first-order valence-electron chi connectivity index (χ1n) is 9.38. The van der Waals surface area contributed by atoms with Gasteiger partial charge in [0.15, 0.2) is 0 Å². The van der Waals surface area contributed by atoms with Gasteiger partial charge in [-0.15, -0.1) is 0 Å². The smallest absolute Gasteiger partial charge is 0.329 e. The lowest BCUT2D eigenvalue weighted by atomic mass is 10.0. The molecule has 3 N–H and O–H groups in total. The van der Waals surface area contributed by atoms with Gasteiger partial charge < -0.3 is 20.7 Å². The number of amides is 2. The molecule has 3 atom stereocenters. The average Bonchev–Trinajstić information content (AvgIpc) is 3.13. The van der Waals surface area contributed by atoms with Crippen LogP contribution in [0.1, 0.15) is 39.2 Å². The quantitative estimate of drug-likeness (QED) is 0.698. The van der Waals surface area contributed by atoms with E-state index < -0.39 is 24.1 Å². The van der Waals surface area contributed by atoms with Crippen molar-refractivity contribution in [2.24, 2.45) is 11.7 Å². The molecule has 1 aliphatic heterocycles. The SMILES string of the molecule is CC(C)[C@H](NC(=O)[C@H](C)N)C(=O)N1CCC[C@H]1C(=O)OCc1ccccc1. The Balaban J connectivity index is 2.02. The lowest BCUT2D eigenvalue weighted by molar-refractivity contribution is -0.155. The van der Waals surface area contributed by atoms with Crippen LogP contribution >= 0.6 is 0 Å². The maximum absolute atomic E-state index is 13.0. The van der Waals surface area contributed by atoms with E-state index in [1.54, 1.807) is 6.92 Å². The molecule has 0 aliphatic carbocycles. The highest BCUT2D eigenvalue weighted by molar-refractivity contribution is 5.92. The molecule has 27 heavy (non-hydrogen) atoms. The molecule has 1 saturated heterocycles. The van der Waals surface area contributed by atoms with Crippen LogP contribution in [0.3, 0.4) is 0 Å². The number of benzene rings is 1. The Morgan fingerprint density at radius 1 is 1.22 bits per heavy atom. The fraction of sp³-hybridized carbons (Fsp3) is 0.550. The van der Waals surface area contributed by atoms with Gasteiger partial charge in [0.05, 0.1) is 6.04 Å². The van der Waals surface area contributed by atoms with E-state index in [1.165, 1.54) is 4.90 Å². The predicted molar refractivity (Wildman–Crippen MR) is 101 cm³/mol. The van der Waals surface area contributed by atoms with Crippen LogP contribution in [0.5, 0.6) is 0 Å². The normalized spacial score (nSPS) is 18.9. The largest absolute Gasteiger partial charge is 0.459 e. The average molecular weight is 375 g/mol. The van der Waals surface area contributed by atoms with Gasteiger partial charge in [-0.1, -0.05) is 44.2 Å². The van der Waals surface area contributed by atoms with Crippen LogP contribution in [0, 0.1) is 5.92 Å². The summed E-state index contributed by atoms with van der Waals surface area (Å²) in [6.07, 6.45) is 1.29. The molecule has 1 aromatic carbocycles. The first kappa shape index (κ1) is 20.9. The lowest BCUT2D eigenvalue weighted by Crippen LogP contribution is -2.56. The number of rotatable bonds is 7. The molecular weight excluding hydrogens is 346 g/mol. The van der Waals surface area contributed by atoms with Gasteiger partial charge in [-0.3, -0.25) is 9.59 Å². The van der Waals surface area contributed by atoms with Crippen LogP contribution in [0.4, 0.5) is 0 Å². The summed E-state index contributed by atoms with van der Waals surface area (Å²) in [5.41, 5.74) is 6.49. The first-order valence-corrected chi connectivity index (χ1v) is 9.38. The molecule has 7 nitrogen and oxygen atoms in total. The van der Waals surface area contributed by atoms with Crippen molar-refractivity contribution in [3.05, 3.63) is 35.9 Å². The summed E-state index contributed by atoms with van der Waals surface area (Å²) in [7, 11) is 0. The number of ether oxygens (including phenoxy) is 1. The Kier molecular flexibility index (Phi) is 7.36. The second-order valence-electron chi connectivity index (χ2n) is 7.30. The molecular formula is C20H29N3O4. The standard InChI is InChI=1S/C20H29N3O4/c1-13(2)17(22-18(24)14(3)21)19(25)23-11-7-10-16(23)20(26)27-12-15-8-5-4-6-9-15/h4-6,8-9,13-14,16-17H,7,10-12,21H2,1-3H3,(H,22,24)/t14-,16-,17-/m0/s1. The maximum atomic E-state index is 13.0. The molecule has 0 aromatic heterocycles. The monoisotopic (exact) mass is 375 g/mol. The summed E-state index contributed by atoms with van der Waals surface area (Å²) in [5, 5.41) is 2.70. The first-order chi connectivity index (χ1) is 12.8. The number of carbonyl (C=O) groups excluding carboxylic acids is 3. The molecule has 2 amide bonds. The number of hydrogen-bond acceptors (Lipinski definition) is 5. The minimum absolute atomic E-state index is 0.123. The zero-order valence-electron chi connectivity index (χ0n) is 16.2. The third-order valence-corrected chi connectivity index (χ3v) is 4.68. The fourth-order valence-corrected chi connectivity index (χ4v) is 3.08. The predicted octanol–water partition coefficient (Wildman–Crippen LogP) is 1.21. The van der Waals surface area contributed by atoms with E-state index in [-0.39, 0.29) is 24.3 Å². The molecule has 1 aliphatic rings. The van der Waals surface area contributed by atoms with Gasteiger partial charge in [0, 0.05) is 6.54 Å². The Hall–Kier alpha value is -2.41. The summed E-state index contributed by atoms with van der Waals surface area (Å²) in [6, 6.07) is 7.37. The van der Waals surface area contributed by atoms with Crippen molar-refractivity contribution < 1.29 is 19.1 Å². The van der Waals surface area contributed by atoms with Crippen molar-refractivity contribution in [2.75, 3.05) is 6.54 Å². The van der Waals surface area contributed by atoms with E-state index in [2.05, 4.69) is 5.32 Å². The number of nitrogens with zero attached hydrogens (tertiary/aromatic N) is 1. The summed E-state index contributed by atoms with van der Waals surface area (Å²) in [5.74, 6) is -1.19. The second kappa shape index (κ2) is 9.50. The van der Waals surface area contributed by atoms with Gasteiger partial charge in [-0.25, -0.2) is 4.79 Å². The maximum Gasteiger partial charge on any atom is 0.329 e. The second-order valence-corrected chi connectivity index (χ2v) is 7.30. The van der Waals surface area contributed by atoms with Crippen LogP contribution in [0.2, 0.25) is 0 Å². The van der Waals surface area contributed by atoms with Gasteiger partial charge in [-0.05, 0) is 31.2 Å². The zero-order chi connectivity index (χ0) is 20.0. The van der Waals surface area contributed by atoms with Crippen LogP contribution in [-0.4, -0.2) is 47.4 Å². The molecule has 148 valence electrons. The van der Waals surface area contributed by atoms with Gasteiger partial charge in [0.1, 0.15) is 18.7 Å². The third kappa shape index (κ3) is 5.53. The van der Waals surface area contributed by atoms with E-state index >= 15 is 0 Å². The summed E-state index contributed by atoms with van der Waals surface area (Å²) in [4.78, 5) is 39.0. The molecule has 1 aromatic rings. The van der Waals surface area contributed by atoms with E-state index in [1.807, 2.05) is 44.2 Å². The third-order valence-electron chi connectivity index (χ3n) is 4.68. The van der Waals surface area contributed by atoms with Crippen LogP contribution in [0.15, 0.2) is 30.3 Å². The van der Waals surface area contributed by atoms with Crippen molar-refractivity contribution in [3.8, 4) is 0 Å². The van der Waals surface area contributed by atoms with Gasteiger partial charge in [-0.2, -0.15) is 0 Å². The number of hydrogen-bond donors (Lipinski definition) is 2. The summed E-state index contributed by atoms with van der Waals surface area (Å²) >= 11 is 0. The highest BCUT2D eigenvalue weighted by Gasteiger charge is 2.39. The van der Waals surface area contributed by atoms with Gasteiger partial charge >= 0.3 is 5.97 Å². The summed E-state index contributed by atoms with van der Waals surface area (Å²) < 4.78 is 5.41. The number of nitrogens with two attached hydrogens (primary N) is 1. The minimum atomic E-state index is -0.717. The van der Waals surface area contributed by atoms with Crippen LogP contribution < -0.4 is 11.1 Å². The molecule has 1 heterocycles. The van der Waals surface area contributed by atoms with Crippen molar-refractivity contribution in [1.82, 2.24) is 10.2 Å². The Morgan fingerprint density at radius 2 is 1.89 bits per heavy atom. The van der Waals surface area contributed by atoms with Gasteiger partial charge in [0.2, 0.25) is 11.8 Å². The number of likely N-dealkylation sites (tertiary alicyclic amines) is 1. The molecule has 0 radical (unpaired) electrons. The topological polar surface area (TPSA) is 102 Å². The Labute approximate surface area is 160 Å². The molecule has 1 fully saturated rings.